The number of aromatic amines is 1. The van der Waals surface area contributed by atoms with E-state index in [1.54, 1.807) is 6.20 Å². The number of rotatable bonds is 6. The smallest absolute Gasteiger partial charge is 0.248 e. The molecule has 2 aliphatic carbocycles. The summed E-state index contributed by atoms with van der Waals surface area (Å²) in [5, 5.41) is 16.7. The van der Waals surface area contributed by atoms with Gasteiger partial charge in [0.2, 0.25) is 11.9 Å². The molecule has 0 aromatic carbocycles. The van der Waals surface area contributed by atoms with Crippen LogP contribution in [0.5, 0.6) is 0 Å². The Labute approximate surface area is 202 Å². The zero-order valence-corrected chi connectivity index (χ0v) is 20.0. The molecule has 10 heteroatoms. The monoisotopic (exact) mass is 478 g/mol. The summed E-state index contributed by atoms with van der Waals surface area (Å²) in [5.74, 6) is 2.81. The number of H-pyrrole nitrogens is 1. The van der Waals surface area contributed by atoms with E-state index in [0.29, 0.717) is 17.0 Å². The third kappa shape index (κ3) is 4.26. The molecule has 0 radical (unpaired) electrons. The summed E-state index contributed by atoms with van der Waals surface area (Å²) in [6.07, 6.45) is 12.5. The third-order valence-electron chi connectivity index (χ3n) is 7.29. The van der Waals surface area contributed by atoms with Crippen LogP contribution < -0.4 is 15.5 Å². The van der Waals surface area contributed by atoms with Crippen molar-refractivity contribution in [1.82, 2.24) is 25.1 Å². The van der Waals surface area contributed by atoms with Crippen LogP contribution in [0.2, 0.25) is 0 Å². The number of nitrogens with zero attached hydrogens (tertiary/aromatic N) is 5. The van der Waals surface area contributed by atoms with Crippen LogP contribution in [0.4, 0.5) is 22.7 Å². The van der Waals surface area contributed by atoms with E-state index in [-0.39, 0.29) is 11.9 Å². The molecule has 2 fully saturated rings. The number of thiazole rings is 1. The van der Waals surface area contributed by atoms with Crippen LogP contribution in [0.3, 0.4) is 0 Å². The highest BCUT2D eigenvalue weighted by Crippen LogP contribution is 2.35. The number of hydrogen-bond acceptors (Lipinski definition) is 8. The Bertz CT molecular complexity index is 1150. The van der Waals surface area contributed by atoms with E-state index in [1.807, 2.05) is 5.38 Å². The molecule has 3 aromatic heterocycles. The second-order valence-electron chi connectivity index (χ2n) is 9.50. The summed E-state index contributed by atoms with van der Waals surface area (Å²) in [6.45, 7) is 0.766. The highest BCUT2D eigenvalue weighted by molar-refractivity contribution is 7.13. The van der Waals surface area contributed by atoms with Crippen molar-refractivity contribution in [3.8, 4) is 0 Å². The summed E-state index contributed by atoms with van der Waals surface area (Å²) in [6, 6.07) is 1.83. The Morgan fingerprint density at radius 2 is 1.97 bits per heavy atom. The van der Waals surface area contributed by atoms with E-state index in [4.69, 9.17) is 9.97 Å². The Hall–Kier alpha value is -3.01. The highest BCUT2D eigenvalue weighted by atomic mass is 32.1. The van der Waals surface area contributed by atoms with Gasteiger partial charge in [-0.05, 0) is 51.4 Å². The number of hydrogen-bond donors (Lipinski definition) is 3. The number of aromatic nitrogens is 5. The predicted molar refractivity (Wildman–Crippen MR) is 133 cm³/mol. The first-order valence-electron chi connectivity index (χ1n) is 12.4. The fourth-order valence-electron chi connectivity index (χ4n) is 5.54. The summed E-state index contributed by atoms with van der Waals surface area (Å²) in [4.78, 5) is 29.3. The lowest BCUT2D eigenvalue weighted by Crippen LogP contribution is -2.48. The maximum absolute atomic E-state index is 13.1. The minimum absolute atomic E-state index is 0.0400. The molecule has 1 atom stereocenters. The van der Waals surface area contributed by atoms with Crippen molar-refractivity contribution < 1.29 is 4.79 Å². The molecule has 1 amide bonds. The first-order valence-corrected chi connectivity index (χ1v) is 13.3. The molecule has 1 saturated heterocycles. The van der Waals surface area contributed by atoms with E-state index in [1.165, 1.54) is 48.3 Å². The summed E-state index contributed by atoms with van der Waals surface area (Å²) in [7, 11) is 0. The molecule has 4 heterocycles. The molecule has 1 saturated carbocycles. The second kappa shape index (κ2) is 9.32. The third-order valence-corrected chi connectivity index (χ3v) is 7.97. The van der Waals surface area contributed by atoms with Gasteiger partial charge in [-0.25, -0.2) is 9.97 Å². The van der Waals surface area contributed by atoms with Crippen LogP contribution in [-0.2, 0) is 17.6 Å². The zero-order chi connectivity index (χ0) is 22.9. The van der Waals surface area contributed by atoms with Gasteiger partial charge < -0.3 is 15.5 Å². The average Bonchev–Trinajstić information content (AvgIpc) is 3.66. The van der Waals surface area contributed by atoms with E-state index in [2.05, 4.69) is 36.8 Å². The fourth-order valence-corrected chi connectivity index (χ4v) is 6.07. The van der Waals surface area contributed by atoms with Crippen LogP contribution in [-0.4, -0.2) is 43.6 Å². The molecular formula is C24H30N8OS. The van der Waals surface area contributed by atoms with Gasteiger partial charge in [-0.15, -0.1) is 11.3 Å². The number of amides is 1. The molecule has 3 N–H and O–H groups in total. The van der Waals surface area contributed by atoms with E-state index < -0.39 is 0 Å². The molecular weight excluding hydrogens is 448 g/mol. The normalized spacial score (nSPS) is 20.5. The first kappa shape index (κ1) is 21.5. The lowest BCUT2D eigenvalue weighted by molar-refractivity contribution is -0.117. The topological polar surface area (TPSA) is 112 Å². The molecule has 0 unspecified atom stereocenters. The van der Waals surface area contributed by atoms with E-state index in [9.17, 15) is 4.79 Å². The van der Waals surface area contributed by atoms with Crippen molar-refractivity contribution in [2.75, 3.05) is 22.1 Å². The van der Waals surface area contributed by atoms with Crippen LogP contribution >= 0.6 is 11.3 Å². The van der Waals surface area contributed by atoms with Crippen molar-refractivity contribution in [1.29, 1.82) is 0 Å². The number of carbonyl (C=O) groups excluding carboxylic acids is 1. The van der Waals surface area contributed by atoms with Crippen LogP contribution in [0.15, 0.2) is 17.6 Å². The number of carbonyl (C=O) groups is 1. The standard InChI is InChI=1S/C24H30N8OS/c33-22(29-24-25-11-13-34-24)19-10-3-4-12-32(19)23-26-17-9-5-8-16(17)21(28-23)27-20-14-18(30-31-20)15-6-1-2-7-15/h11,13-15,19H,1-10,12H2,(H,25,29,33)(H2,26,27,28,30,31)/t19-/m1/s1. The Morgan fingerprint density at radius 1 is 1.09 bits per heavy atom. The lowest BCUT2D eigenvalue weighted by Gasteiger charge is -2.35. The summed E-state index contributed by atoms with van der Waals surface area (Å²) in [5.41, 5.74) is 3.47. The maximum atomic E-state index is 13.1. The van der Waals surface area contributed by atoms with Gasteiger partial charge in [0.05, 0.1) is 5.69 Å². The van der Waals surface area contributed by atoms with Crippen molar-refractivity contribution in [2.24, 2.45) is 0 Å². The van der Waals surface area contributed by atoms with E-state index in [0.717, 1.165) is 62.4 Å². The van der Waals surface area contributed by atoms with Gasteiger partial charge in [-0.2, -0.15) is 10.1 Å². The molecule has 0 bridgehead atoms. The van der Waals surface area contributed by atoms with Gasteiger partial charge in [0, 0.05) is 41.4 Å². The van der Waals surface area contributed by atoms with Crippen molar-refractivity contribution >= 4 is 40.0 Å². The molecule has 0 spiro atoms. The zero-order valence-electron chi connectivity index (χ0n) is 19.2. The Morgan fingerprint density at radius 3 is 2.82 bits per heavy atom. The van der Waals surface area contributed by atoms with Gasteiger partial charge >= 0.3 is 0 Å². The number of nitrogens with one attached hydrogen (secondary N) is 3. The van der Waals surface area contributed by atoms with Crippen LogP contribution in [0.1, 0.15) is 74.2 Å². The first-order chi connectivity index (χ1) is 16.7. The van der Waals surface area contributed by atoms with Gasteiger partial charge in [-0.1, -0.05) is 12.8 Å². The van der Waals surface area contributed by atoms with Crippen molar-refractivity contribution in [3.05, 3.63) is 34.6 Å². The van der Waals surface area contributed by atoms with Gasteiger partial charge in [0.15, 0.2) is 10.9 Å². The Kier molecular flexibility index (Phi) is 5.90. The SMILES string of the molecule is O=C(Nc1nccs1)[C@H]1CCCCN1c1nc2c(c(Nc3cc(C4CCCC4)[nH]n3)n1)CCC2. The van der Waals surface area contributed by atoms with E-state index >= 15 is 0 Å². The van der Waals surface area contributed by atoms with Gasteiger partial charge in [0.25, 0.3) is 0 Å². The largest absolute Gasteiger partial charge is 0.329 e. The number of aryl methyl sites for hydroxylation is 1. The van der Waals surface area contributed by atoms with Gasteiger partial charge in [0.1, 0.15) is 11.9 Å². The maximum Gasteiger partial charge on any atom is 0.248 e. The average molecular weight is 479 g/mol. The summed E-state index contributed by atoms with van der Waals surface area (Å²) < 4.78 is 0. The molecule has 9 nitrogen and oxygen atoms in total. The number of fused-ring (bicyclic) bond motifs is 1. The molecule has 178 valence electrons. The minimum Gasteiger partial charge on any atom is -0.329 e. The molecule has 1 aliphatic heterocycles. The van der Waals surface area contributed by atoms with Crippen LogP contribution in [0.25, 0.3) is 0 Å². The quantitative estimate of drug-likeness (QED) is 0.477. The molecule has 6 rings (SSSR count). The van der Waals surface area contributed by atoms with Crippen molar-refractivity contribution in [2.45, 2.75) is 76.2 Å². The minimum atomic E-state index is -0.302. The van der Waals surface area contributed by atoms with Crippen molar-refractivity contribution in [3.63, 3.8) is 0 Å². The molecule has 34 heavy (non-hydrogen) atoms. The number of anilines is 4. The number of piperidine rings is 1. The second-order valence-corrected chi connectivity index (χ2v) is 10.4. The summed E-state index contributed by atoms with van der Waals surface area (Å²) >= 11 is 1.43. The van der Waals surface area contributed by atoms with Crippen LogP contribution in [0, 0.1) is 0 Å². The molecule has 3 aromatic rings. The highest BCUT2D eigenvalue weighted by Gasteiger charge is 2.33. The Balaban J connectivity index is 1.27. The molecule has 3 aliphatic rings. The lowest BCUT2D eigenvalue weighted by atomic mass is 10.0. The predicted octanol–water partition coefficient (Wildman–Crippen LogP) is 4.54. The fraction of sp³-hybridized carbons (Fsp3) is 0.542. The van der Waals surface area contributed by atoms with Gasteiger partial charge in [-0.3, -0.25) is 9.89 Å².